The van der Waals surface area contributed by atoms with Gasteiger partial charge in [0.1, 0.15) is 5.82 Å². The lowest BCUT2D eigenvalue weighted by Gasteiger charge is -2.29. The predicted molar refractivity (Wildman–Crippen MR) is 120 cm³/mol. The number of hydrogen-bond donors (Lipinski definition) is 2. The largest absolute Gasteiger partial charge is 0.356 e. The molecule has 1 aliphatic heterocycles. The zero-order chi connectivity index (χ0) is 19.1. The van der Waals surface area contributed by atoms with Crippen LogP contribution in [0.1, 0.15) is 16.7 Å². The number of nitrogens with one attached hydrogen (secondary N) is 2. The van der Waals surface area contributed by atoms with Crippen molar-refractivity contribution in [3.8, 4) is 0 Å². The number of rotatable bonds is 5. The van der Waals surface area contributed by atoms with Gasteiger partial charge in [-0.2, -0.15) is 0 Å². The number of halogens is 2. The molecule has 1 aliphatic rings. The third-order valence-electron chi connectivity index (χ3n) is 4.73. The third-order valence-corrected chi connectivity index (χ3v) is 4.73. The highest BCUT2D eigenvalue weighted by Gasteiger charge is 2.20. The van der Waals surface area contributed by atoms with E-state index in [9.17, 15) is 9.18 Å². The van der Waals surface area contributed by atoms with Crippen LogP contribution in [0.4, 0.5) is 4.39 Å². The van der Waals surface area contributed by atoms with E-state index < -0.39 is 0 Å². The van der Waals surface area contributed by atoms with Gasteiger partial charge in [0.2, 0.25) is 5.91 Å². The van der Waals surface area contributed by atoms with E-state index in [0.29, 0.717) is 19.0 Å². The van der Waals surface area contributed by atoms with E-state index in [1.165, 1.54) is 23.3 Å². The second-order valence-electron chi connectivity index (χ2n) is 6.56. The second kappa shape index (κ2) is 11.0. The summed E-state index contributed by atoms with van der Waals surface area (Å²) in [4.78, 5) is 18.5. The molecule has 28 heavy (non-hydrogen) atoms. The highest BCUT2D eigenvalue weighted by Crippen LogP contribution is 2.18. The Morgan fingerprint density at radius 3 is 2.54 bits per heavy atom. The lowest BCUT2D eigenvalue weighted by Crippen LogP contribution is -2.46. The third kappa shape index (κ3) is 6.19. The zero-order valence-electron chi connectivity index (χ0n) is 16.0. The topological polar surface area (TPSA) is 56.7 Å². The van der Waals surface area contributed by atoms with Crippen molar-refractivity contribution < 1.29 is 9.18 Å². The summed E-state index contributed by atoms with van der Waals surface area (Å²) < 4.78 is 12.9. The minimum atomic E-state index is -0.233. The molecule has 3 rings (SSSR count). The predicted octanol–water partition coefficient (Wildman–Crippen LogP) is 2.74. The van der Waals surface area contributed by atoms with E-state index in [-0.39, 0.29) is 42.2 Å². The number of aliphatic imine (C=N–C) groups is 1. The number of nitrogens with zero attached hydrogens (tertiary/aromatic N) is 2. The Morgan fingerprint density at radius 1 is 1.11 bits per heavy atom. The van der Waals surface area contributed by atoms with E-state index in [1.54, 1.807) is 19.2 Å². The fourth-order valence-corrected chi connectivity index (χ4v) is 3.18. The molecule has 0 saturated carbocycles. The van der Waals surface area contributed by atoms with E-state index in [0.717, 1.165) is 24.9 Å². The number of carbonyl (C=O) groups is 1. The van der Waals surface area contributed by atoms with Crippen LogP contribution in [-0.2, 0) is 24.2 Å². The average Bonchev–Trinajstić information content (AvgIpc) is 2.71. The Hall–Kier alpha value is -2.16. The van der Waals surface area contributed by atoms with Gasteiger partial charge in [-0.25, -0.2) is 4.39 Å². The highest BCUT2D eigenvalue weighted by molar-refractivity contribution is 14.0. The van der Waals surface area contributed by atoms with Crippen LogP contribution in [0.2, 0.25) is 0 Å². The maximum Gasteiger partial charge on any atom is 0.242 e. The maximum atomic E-state index is 12.9. The first-order valence-electron chi connectivity index (χ1n) is 9.19. The molecule has 0 saturated heterocycles. The maximum absolute atomic E-state index is 12.9. The van der Waals surface area contributed by atoms with Gasteiger partial charge in [0.25, 0.3) is 0 Å². The molecule has 1 heterocycles. The first-order valence-corrected chi connectivity index (χ1v) is 9.19. The van der Waals surface area contributed by atoms with Gasteiger partial charge < -0.3 is 15.5 Å². The summed E-state index contributed by atoms with van der Waals surface area (Å²) in [5, 5.41) is 6.25. The summed E-state index contributed by atoms with van der Waals surface area (Å²) in [5.41, 5.74) is 3.59. The number of guanidine groups is 1. The normalized spacial score (nSPS) is 13.4. The zero-order valence-corrected chi connectivity index (χ0v) is 18.3. The van der Waals surface area contributed by atoms with Crippen LogP contribution >= 0.6 is 24.0 Å². The smallest absolute Gasteiger partial charge is 0.242 e. The summed E-state index contributed by atoms with van der Waals surface area (Å²) in [6.07, 6.45) is 1.64. The molecule has 0 bridgehead atoms. The monoisotopic (exact) mass is 496 g/mol. The Morgan fingerprint density at radius 2 is 1.82 bits per heavy atom. The van der Waals surface area contributed by atoms with Gasteiger partial charge in [0.15, 0.2) is 5.96 Å². The van der Waals surface area contributed by atoms with Gasteiger partial charge in [-0.1, -0.05) is 36.4 Å². The number of amides is 1. The molecule has 1 amide bonds. The van der Waals surface area contributed by atoms with E-state index in [4.69, 9.17) is 0 Å². The minimum Gasteiger partial charge on any atom is -0.356 e. The number of benzene rings is 2. The molecular weight excluding hydrogens is 470 g/mol. The fraction of sp³-hybridized carbons (Fsp3) is 0.333. The standard InChI is InChI=1S/C21H25FN4O.HI/c1-23-21(24-12-10-16-6-8-19(22)9-7-16)25-14-20(27)26-13-11-17-4-2-3-5-18(17)15-26;/h2-9H,10-15H2,1H3,(H2,23,24,25);1H. The molecule has 0 atom stereocenters. The molecular formula is C21H26FIN4O. The molecule has 0 aliphatic carbocycles. The number of hydrogen-bond acceptors (Lipinski definition) is 2. The molecule has 2 aromatic rings. The fourth-order valence-electron chi connectivity index (χ4n) is 3.18. The van der Waals surface area contributed by atoms with E-state index >= 15 is 0 Å². The van der Waals surface area contributed by atoms with Gasteiger partial charge in [-0.05, 0) is 41.7 Å². The van der Waals surface area contributed by atoms with Crippen molar-refractivity contribution in [2.45, 2.75) is 19.4 Å². The molecule has 0 spiro atoms. The molecule has 2 aromatic carbocycles. The Balaban J connectivity index is 0.00000280. The molecule has 0 unspecified atom stereocenters. The Labute approximate surface area is 182 Å². The van der Waals surface area contributed by atoms with Crippen LogP contribution in [0.15, 0.2) is 53.5 Å². The SMILES string of the molecule is CN=C(NCCc1ccc(F)cc1)NCC(=O)N1CCc2ccccc2C1.I. The van der Waals surface area contributed by atoms with Crippen molar-refractivity contribution >= 4 is 35.8 Å². The van der Waals surface area contributed by atoms with Crippen LogP contribution in [-0.4, -0.2) is 43.4 Å². The van der Waals surface area contributed by atoms with E-state index in [1.807, 2.05) is 17.0 Å². The summed E-state index contributed by atoms with van der Waals surface area (Å²) in [6.45, 7) is 2.26. The van der Waals surface area contributed by atoms with Crippen LogP contribution < -0.4 is 10.6 Å². The van der Waals surface area contributed by atoms with Gasteiger partial charge >= 0.3 is 0 Å². The van der Waals surface area contributed by atoms with Gasteiger partial charge in [-0.15, -0.1) is 24.0 Å². The number of carbonyl (C=O) groups excluding carboxylic acids is 1. The molecule has 7 heteroatoms. The first-order chi connectivity index (χ1) is 13.2. The van der Waals surface area contributed by atoms with Gasteiger partial charge in [0.05, 0.1) is 6.54 Å². The molecule has 2 N–H and O–H groups in total. The first kappa shape index (κ1) is 22.1. The van der Waals surface area contributed by atoms with Crippen molar-refractivity contribution in [2.24, 2.45) is 4.99 Å². The Bertz CT molecular complexity index is 810. The lowest BCUT2D eigenvalue weighted by atomic mass is 10.00. The average molecular weight is 496 g/mol. The van der Waals surface area contributed by atoms with Crippen molar-refractivity contribution in [1.82, 2.24) is 15.5 Å². The Kier molecular flexibility index (Phi) is 8.69. The lowest BCUT2D eigenvalue weighted by molar-refractivity contribution is -0.130. The van der Waals surface area contributed by atoms with Gasteiger partial charge in [0, 0.05) is 26.7 Å². The molecule has 0 radical (unpaired) electrons. The summed E-state index contributed by atoms with van der Waals surface area (Å²) in [5.74, 6) is 0.414. The van der Waals surface area contributed by atoms with Crippen LogP contribution in [0.5, 0.6) is 0 Å². The van der Waals surface area contributed by atoms with Crippen molar-refractivity contribution in [3.63, 3.8) is 0 Å². The molecule has 5 nitrogen and oxygen atoms in total. The molecule has 0 aromatic heterocycles. The van der Waals surface area contributed by atoms with Gasteiger partial charge in [-0.3, -0.25) is 9.79 Å². The second-order valence-corrected chi connectivity index (χ2v) is 6.56. The van der Waals surface area contributed by atoms with Crippen molar-refractivity contribution in [2.75, 3.05) is 26.7 Å². The minimum absolute atomic E-state index is 0. The quantitative estimate of drug-likeness (QED) is 0.381. The van der Waals surface area contributed by atoms with Crippen molar-refractivity contribution in [1.29, 1.82) is 0 Å². The van der Waals surface area contributed by atoms with Crippen LogP contribution in [0.3, 0.4) is 0 Å². The van der Waals surface area contributed by atoms with Crippen molar-refractivity contribution in [3.05, 3.63) is 71.0 Å². The molecule has 0 fully saturated rings. The summed E-state index contributed by atoms with van der Waals surface area (Å²) >= 11 is 0. The van der Waals surface area contributed by atoms with Crippen LogP contribution in [0, 0.1) is 5.82 Å². The summed E-state index contributed by atoms with van der Waals surface area (Å²) in [7, 11) is 1.68. The van der Waals surface area contributed by atoms with E-state index in [2.05, 4.69) is 27.8 Å². The van der Waals surface area contributed by atoms with Crippen LogP contribution in [0.25, 0.3) is 0 Å². The number of fused-ring (bicyclic) bond motifs is 1. The highest BCUT2D eigenvalue weighted by atomic mass is 127. The molecule has 150 valence electrons. The summed E-state index contributed by atoms with van der Waals surface area (Å²) in [6, 6.07) is 14.7.